The Hall–Kier alpha value is -0.460. The predicted octanol–water partition coefficient (Wildman–Crippen LogP) is 0.931. The third-order valence-corrected chi connectivity index (χ3v) is 2.12. The molecule has 2 nitrogen and oxygen atoms in total. The third kappa shape index (κ3) is 5.22. The topological polar surface area (TPSA) is 17.1 Å². The van der Waals surface area contributed by atoms with E-state index in [1.165, 1.54) is 6.92 Å². The van der Waals surface area contributed by atoms with E-state index >= 15 is 0 Å². The van der Waals surface area contributed by atoms with Crippen LogP contribution in [0.1, 0.15) is 13.3 Å². The molecule has 0 aliphatic heterocycles. The van der Waals surface area contributed by atoms with Crippen LogP contribution in [-0.4, -0.2) is 36.8 Å². The zero-order valence-corrected chi connectivity index (χ0v) is 8.98. The van der Waals surface area contributed by atoms with Gasteiger partial charge in [-0.1, -0.05) is 5.92 Å². The van der Waals surface area contributed by atoms with Gasteiger partial charge in [0.1, 0.15) is 5.78 Å². The van der Waals surface area contributed by atoms with Gasteiger partial charge in [-0.25, -0.2) is 0 Å². The summed E-state index contributed by atoms with van der Waals surface area (Å²) in [5, 5.41) is -0.0238. The first kappa shape index (κ1) is 11.5. The van der Waals surface area contributed by atoms with Crippen LogP contribution in [0.15, 0.2) is 0 Å². The van der Waals surface area contributed by atoms with Crippen molar-refractivity contribution in [3.63, 3.8) is 0 Å². The van der Waals surface area contributed by atoms with Crippen LogP contribution < -0.4 is 0 Å². The number of quaternary nitrogens is 1. The normalized spacial score (nSPS) is 13.1. The van der Waals surface area contributed by atoms with Crippen molar-refractivity contribution < 1.29 is 9.28 Å². The molecule has 0 heterocycles. The molecule has 68 valence electrons. The van der Waals surface area contributed by atoms with Crippen LogP contribution in [0.5, 0.6) is 0 Å². The van der Waals surface area contributed by atoms with Gasteiger partial charge in [0.25, 0.3) is 0 Å². The summed E-state index contributed by atoms with van der Waals surface area (Å²) in [6.07, 6.45) is 0.330. The van der Waals surface area contributed by atoms with Crippen molar-refractivity contribution in [1.82, 2.24) is 0 Å². The minimum Gasteiger partial charge on any atom is -0.310 e. The maximum Gasteiger partial charge on any atom is 0.194 e. The Morgan fingerprint density at radius 2 is 2.00 bits per heavy atom. The number of hydrogen-bond donors (Lipinski definition) is 1. The molecule has 1 atom stereocenters. The zero-order valence-electron chi connectivity index (χ0n) is 8.09. The summed E-state index contributed by atoms with van der Waals surface area (Å²) in [5.41, 5.74) is 0. The molecule has 0 aromatic rings. The van der Waals surface area contributed by atoms with E-state index in [1.807, 2.05) is 21.1 Å². The van der Waals surface area contributed by atoms with Crippen molar-refractivity contribution >= 4 is 18.4 Å². The van der Waals surface area contributed by atoms with E-state index in [2.05, 4.69) is 24.5 Å². The molecule has 0 bridgehead atoms. The fraction of sp³-hybridized carbons (Fsp3) is 0.667. The molecule has 0 rings (SSSR count). The Kier molecular flexibility index (Phi) is 4.36. The van der Waals surface area contributed by atoms with Crippen molar-refractivity contribution in [3.8, 4) is 11.8 Å². The van der Waals surface area contributed by atoms with Gasteiger partial charge in [0.15, 0.2) is 5.37 Å². The summed E-state index contributed by atoms with van der Waals surface area (Å²) in [7, 11) is 6.04. The Morgan fingerprint density at radius 3 is 2.33 bits per heavy atom. The van der Waals surface area contributed by atoms with Gasteiger partial charge in [0, 0.05) is 0 Å². The average Bonchev–Trinajstić information content (AvgIpc) is 1.84. The molecule has 0 amide bonds. The quantitative estimate of drug-likeness (QED) is 0.294. The number of hydrogen-bond acceptors (Lipinski definition) is 2. The van der Waals surface area contributed by atoms with E-state index in [0.717, 1.165) is 0 Å². The predicted molar refractivity (Wildman–Crippen MR) is 53.9 cm³/mol. The largest absolute Gasteiger partial charge is 0.310 e. The highest BCUT2D eigenvalue weighted by molar-refractivity contribution is 7.81. The highest BCUT2D eigenvalue weighted by Gasteiger charge is 2.15. The van der Waals surface area contributed by atoms with Gasteiger partial charge in [-0.05, 0) is 12.8 Å². The van der Waals surface area contributed by atoms with Gasteiger partial charge in [-0.15, -0.1) is 12.6 Å². The minimum atomic E-state index is -0.0238. The molecule has 0 spiro atoms. The van der Waals surface area contributed by atoms with Crippen molar-refractivity contribution in [2.45, 2.75) is 18.7 Å². The second-order valence-electron chi connectivity index (χ2n) is 3.69. The van der Waals surface area contributed by atoms with Crippen molar-refractivity contribution in [2.75, 3.05) is 21.1 Å². The Labute approximate surface area is 79.9 Å². The summed E-state index contributed by atoms with van der Waals surface area (Å²) in [5.74, 6) is 5.82. The summed E-state index contributed by atoms with van der Waals surface area (Å²) in [4.78, 5) is 10.5. The smallest absolute Gasteiger partial charge is 0.194 e. The molecule has 0 saturated heterocycles. The first-order valence-corrected chi connectivity index (χ1v) is 4.32. The lowest BCUT2D eigenvalue weighted by molar-refractivity contribution is -0.872. The van der Waals surface area contributed by atoms with Gasteiger partial charge in [0.2, 0.25) is 0 Å². The first-order chi connectivity index (χ1) is 5.34. The highest BCUT2D eigenvalue weighted by atomic mass is 32.1. The van der Waals surface area contributed by atoms with Crippen molar-refractivity contribution in [3.05, 3.63) is 0 Å². The SMILES string of the molecule is CC(=O)CC#C[C@H](S)[N+](C)(C)C. The number of carbonyl (C=O) groups excluding carboxylic acids is 1. The standard InChI is InChI=1S/C9H15NOS/c1-8(11)6-5-7-9(12)10(2,3)4/h9H,6H2,1-4H3/p+1/t9-/m0/s1. The van der Waals surface area contributed by atoms with E-state index in [1.54, 1.807) is 0 Å². The van der Waals surface area contributed by atoms with E-state index in [4.69, 9.17) is 0 Å². The number of Topliss-reactive ketones (excluding diaryl/α,β-unsaturated/α-hetero) is 1. The second-order valence-corrected chi connectivity index (χ2v) is 4.18. The van der Waals surface area contributed by atoms with Crippen LogP contribution in [0.25, 0.3) is 0 Å². The molecule has 12 heavy (non-hydrogen) atoms. The van der Waals surface area contributed by atoms with E-state index in [0.29, 0.717) is 10.9 Å². The summed E-state index contributed by atoms with van der Waals surface area (Å²) in [6.45, 7) is 1.54. The van der Waals surface area contributed by atoms with E-state index in [-0.39, 0.29) is 11.2 Å². The van der Waals surface area contributed by atoms with E-state index < -0.39 is 0 Å². The lowest BCUT2D eigenvalue weighted by Crippen LogP contribution is -2.40. The van der Waals surface area contributed by atoms with E-state index in [9.17, 15) is 4.79 Å². The molecule has 0 aromatic heterocycles. The van der Waals surface area contributed by atoms with Crippen LogP contribution in [-0.2, 0) is 4.79 Å². The molecule has 0 fully saturated rings. The molecule has 0 aromatic carbocycles. The van der Waals surface area contributed by atoms with Gasteiger partial charge in [-0.2, -0.15) is 0 Å². The molecule has 3 heteroatoms. The van der Waals surface area contributed by atoms with Gasteiger partial charge < -0.3 is 4.48 Å². The van der Waals surface area contributed by atoms with Gasteiger partial charge in [-0.3, -0.25) is 4.79 Å². The average molecular weight is 186 g/mol. The molecule has 0 unspecified atom stereocenters. The number of ketones is 1. The van der Waals surface area contributed by atoms with Crippen LogP contribution in [0.3, 0.4) is 0 Å². The van der Waals surface area contributed by atoms with Crippen LogP contribution >= 0.6 is 12.6 Å². The Balaban J connectivity index is 4.05. The maximum atomic E-state index is 10.5. The van der Waals surface area contributed by atoms with Crippen molar-refractivity contribution in [1.29, 1.82) is 0 Å². The lowest BCUT2D eigenvalue weighted by Gasteiger charge is -2.26. The molecule has 0 aliphatic carbocycles. The number of nitrogens with zero attached hydrogens (tertiary/aromatic N) is 1. The van der Waals surface area contributed by atoms with Crippen LogP contribution in [0.2, 0.25) is 0 Å². The fourth-order valence-electron chi connectivity index (χ4n) is 0.460. The summed E-state index contributed by atoms with van der Waals surface area (Å²) < 4.78 is 0.675. The van der Waals surface area contributed by atoms with Crippen molar-refractivity contribution in [2.24, 2.45) is 0 Å². The second kappa shape index (κ2) is 4.54. The van der Waals surface area contributed by atoms with Gasteiger partial charge >= 0.3 is 0 Å². The molecule has 0 saturated carbocycles. The van der Waals surface area contributed by atoms with Crippen LogP contribution in [0, 0.1) is 11.8 Å². The zero-order chi connectivity index (χ0) is 9.78. The molecule has 0 N–H and O–H groups in total. The number of carbonyl (C=O) groups is 1. The Bertz CT molecular complexity index is 219. The highest BCUT2D eigenvalue weighted by Crippen LogP contribution is 2.04. The molecular formula is C9H16NOS+. The lowest BCUT2D eigenvalue weighted by atomic mass is 10.3. The molecule has 0 aliphatic rings. The maximum absolute atomic E-state index is 10.5. The Morgan fingerprint density at radius 1 is 1.50 bits per heavy atom. The van der Waals surface area contributed by atoms with Gasteiger partial charge in [0.05, 0.1) is 27.6 Å². The molecular weight excluding hydrogens is 170 g/mol. The fourth-order valence-corrected chi connectivity index (χ4v) is 0.552. The summed E-state index contributed by atoms with van der Waals surface area (Å²) >= 11 is 4.30. The first-order valence-electron chi connectivity index (χ1n) is 3.81. The minimum absolute atomic E-state index is 0.0238. The molecule has 0 radical (unpaired) electrons. The third-order valence-electron chi connectivity index (χ3n) is 1.30. The summed E-state index contributed by atoms with van der Waals surface area (Å²) in [6, 6.07) is 0. The van der Waals surface area contributed by atoms with Crippen LogP contribution in [0.4, 0.5) is 0 Å². The monoisotopic (exact) mass is 186 g/mol. The number of rotatable bonds is 2. The number of thiol groups is 1.